The second kappa shape index (κ2) is 6.94. The second-order valence-electron chi connectivity index (χ2n) is 8.29. The summed E-state index contributed by atoms with van der Waals surface area (Å²) in [6.45, 7) is 3.10. The summed E-state index contributed by atoms with van der Waals surface area (Å²) >= 11 is 0. The molecule has 1 aromatic heterocycles. The fourth-order valence-corrected chi connectivity index (χ4v) is 4.54. The summed E-state index contributed by atoms with van der Waals surface area (Å²) in [5.41, 5.74) is 3.22. The molecule has 5 heteroatoms. The van der Waals surface area contributed by atoms with Gasteiger partial charge in [-0.2, -0.15) is 8.78 Å². The minimum atomic E-state index is -3.18. The van der Waals surface area contributed by atoms with Gasteiger partial charge in [-0.1, -0.05) is 67.6 Å². The lowest BCUT2D eigenvalue weighted by atomic mass is 9.79. The Kier molecular flexibility index (Phi) is 4.35. The number of oxazole rings is 1. The molecule has 0 bridgehead atoms. The van der Waals surface area contributed by atoms with Gasteiger partial charge in [0, 0.05) is 30.6 Å². The smallest absolute Gasteiger partial charge is 0.323 e. The number of anilines is 1. The van der Waals surface area contributed by atoms with Crippen LogP contribution in [-0.2, 0) is 17.9 Å². The Morgan fingerprint density at radius 3 is 2.47 bits per heavy atom. The normalized spacial score (nSPS) is 18.7. The average Bonchev–Trinajstić information content (AvgIpc) is 3.29. The Morgan fingerprint density at radius 2 is 1.67 bits per heavy atom. The zero-order valence-corrected chi connectivity index (χ0v) is 16.7. The van der Waals surface area contributed by atoms with Crippen LogP contribution in [0.25, 0.3) is 11.1 Å². The number of aromatic nitrogens is 1. The zero-order valence-electron chi connectivity index (χ0n) is 16.7. The van der Waals surface area contributed by atoms with Gasteiger partial charge in [-0.15, -0.1) is 0 Å². The maximum Gasteiger partial charge on any atom is 0.323 e. The predicted molar refractivity (Wildman–Crippen MR) is 114 cm³/mol. The minimum absolute atomic E-state index is 0.366. The summed E-state index contributed by atoms with van der Waals surface area (Å²) in [7, 11) is 0. The average molecular weight is 404 g/mol. The molecule has 0 N–H and O–H groups in total. The van der Waals surface area contributed by atoms with Gasteiger partial charge in [-0.3, -0.25) is 0 Å². The monoisotopic (exact) mass is 404 g/mol. The number of nitrogens with zero attached hydrogens (tertiary/aromatic N) is 2. The maximum absolute atomic E-state index is 15.4. The van der Waals surface area contributed by atoms with Gasteiger partial charge in [-0.25, -0.2) is 4.98 Å². The van der Waals surface area contributed by atoms with Gasteiger partial charge in [0.05, 0.1) is 0 Å². The fourth-order valence-electron chi connectivity index (χ4n) is 4.54. The summed E-state index contributed by atoms with van der Waals surface area (Å²) in [5.74, 6) is -3.69. The topological polar surface area (TPSA) is 29.3 Å². The van der Waals surface area contributed by atoms with Crippen LogP contribution in [0.5, 0.6) is 0 Å². The third kappa shape index (κ3) is 3.24. The van der Waals surface area contributed by atoms with Crippen molar-refractivity contribution in [2.45, 2.75) is 31.2 Å². The lowest BCUT2D eigenvalue weighted by Crippen LogP contribution is -2.35. The molecule has 1 aliphatic heterocycles. The Bertz CT molecular complexity index is 1150. The molecule has 0 fully saturated rings. The first-order valence-corrected chi connectivity index (χ1v) is 10.1. The van der Waals surface area contributed by atoms with Gasteiger partial charge < -0.3 is 9.32 Å². The molecule has 0 aliphatic carbocycles. The van der Waals surface area contributed by atoms with Gasteiger partial charge in [0.25, 0.3) is 5.89 Å². The van der Waals surface area contributed by atoms with E-state index in [1.54, 1.807) is 24.3 Å². The summed E-state index contributed by atoms with van der Waals surface area (Å²) in [5, 5.41) is 0. The van der Waals surface area contributed by atoms with Gasteiger partial charge in [0.1, 0.15) is 5.52 Å². The SMILES string of the molecule is CC1(CC(F)(F)c2nc3ccccc3o2)CN(Cc2ccccc2)c2ccccc21. The number of fused-ring (bicyclic) bond motifs is 2. The van der Waals surface area contributed by atoms with Crippen LogP contribution < -0.4 is 4.90 Å². The molecule has 2 heterocycles. The Hall–Kier alpha value is -3.21. The van der Waals surface area contributed by atoms with E-state index in [9.17, 15) is 0 Å². The number of hydrogen-bond donors (Lipinski definition) is 0. The first-order valence-electron chi connectivity index (χ1n) is 10.1. The van der Waals surface area contributed by atoms with Gasteiger partial charge in [-0.05, 0) is 29.3 Å². The maximum atomic E-state index is 15.4. The molecule has 30 heavy (non-hydrogen) atoms. The summed E-state index contributed by atoms with van der Waals surface area (Å²) in [6.07, 6.45) is -0.366. The van der Waals surface area contributed by atoms with Crippen molar-refractivity contribution in [1.29, 1.82) is 0 Å². The highest BCUT2D eigenvalue weighted by Crippen LogP contribution is 2.49. The van der Waals surface area contributed by atoms with Gasteiger partial charge >= 0.3 is 5.92 Å². The largest absolute Gasteiger partial charge is 0.435 e. The quantitative estimate of drug-likeness (QED) is 0.392. The standard InChI is InChI=1S/C25H22F2N2O/c1-24(16-25(26,27)23-28-20-12-6-8-14-22(20)30-23)17-29(15-18-9-3-2-4-10-18)21-13-7-5-11-19(21)24/h2-14H,15-17H2,1H3. The molecule has 1 unspecified atom stereocenters. The van der Waals surface area contributed by atoms with Crippen LogP contribution in [0.4, 0.5) is 14.5 Å². The van der Waals surface area contributed by atoms with Crippen molar-refractivity contribution in [2.75, 3.05) is 11.4 Å². The number of hydrogen-bond acceptors (Lipinski definition) is 3. The lowest BCUT2D eigenvalue weighted by Gasteiger charge is -2.29. The van der Waals surface area contributed by atoms with E-state index in [-0.39, 0.29) is 6.42 Å². The number of para-hydroxylation sites is 3. The predicted octanol–water partition coefficient (Wildman–Crippen LogP) is 6.29. The first-order chi connectivity index (χ1) is 14.4. The van der Waals surface area contributed by atoms with Crippen molar-refractivity contribution in [2.24, 2.45) is 0 Å². The van der Waals surface area contributed by atoms with Gasteiger partial charge in [0.2, 0.25) is 0 Å². The van der Waals surface area contributed by atoms with Crippen molar-refractivity contribution >= 4 is 16.8 Å². The van der Waals surface area contributed by atoms with Crippen LogP contribution >= 0.6 is 0 Å². The van der Waals surface area contributed by atoms with E-state index >= 15 is 8.78 Å². The molecule has 0 radical (unpaired) electrons. The summed E-state index contributed by atoms with van der Waals surface area (Å²) in [6, 6.07) is 24.8. The number of benzene rings is 3. The van der Waals surface area contributed by atoms with Crippen LogP contribution in [0, 0.1) is 0 Å². The van der Waals surface area contributed by atoms with E-state index < -0.39 is 17.2 Å². The van der Waals surface area contributed by atoms with Crippen molar-refractivity contribution < 1.29 is 13.2 Å². The third-order valence-electron chi connectivity index (χ3n) is 5.87. The van der Waals surface area contributed by atoms with Gasteiger partial charge in [0.15, 0.2) is 5.58 Å². The van der Waals surface area contributed by atoms with E-state index in [2.05, 4.69) is 22.0 Å². The number of halogens is 2. The second-order valence-corrected chi connectivity index (χ2v) is 8.29. The Labute approximate surface area is 174 Å². The van der Waals surface area contributed by atoms with Crippen molar-refractivity contribution in [3.8, 4) is 0 Å². The molecule has 3 nitrogen and oxygen atoms in total. The van der Waals surface area contributed by atoms with E-state index in [1.165, 1.54) is 0 Å². The van der Waals surface area contributed by atoms with E-state index in [0.717, 1.165) is 16.8 Å². The highest BCUT2D eigenvalue weighted by Gasteiger charge is 2.49. The van der Waals surface area contributed by atoms with E-state index in [0.29, 0.717) is 24.2 Å². The van der Waals surface area contributed by atoms with Crippen LogP contribution in [0.15, 0.2) is 83.3 Å². The molecule has 3 aromatic carbocycles. The molecule has 5 rings (SSSR count). The number of alkyl halides is 2. The molecule has 0 amide bonds. The summed E-state index contributed by atoms with van der Waals surface area (Å²) in [4.78, 5) is 6.26. The highest BCUT2D eigenvalue weighted by atomic mass is 19.3. The minimum Gasteiger partial charge on any atom is -0.435 e. The molecule has 152 valence electrons. The van der Waals surface area contributed by atoms with Crippen molar-refractivity contribution in [1.82, 2.24) is 4.98 Å². The molecule has 0 spiro atoms. The molecule has 0 saturated carbocycles. The third-order valence-corrected chi connectivity index (χ3v) is 5.87. The van der Waals surface area contributed by atoms with Crippen LogP contribution in [0.2, 0.25) is 0 Å². The molecule has 0 saturated heterocycles. The van der Waals surface area contributed by atoms with Crippen molar-refractivity contribution in [3.63, 3.8) is 0 Å². The number of rotatable bonds is 5. The van der Waals surface area contributed by atoms with Crippen LogP contribution in [0.3, 0.4) is 0 Å². The van der Waals surface area contributed by atoms with E-state index in [1.807, 2.05) is 49.4 Å². The summed E-state index contributed by atoms with van der Waals surface area (Å²) < 4.78 is 36.2. The van der Waals surface area contributed by atoms with Crippen molar-refractivity contribution in [3.05, 3.63) is 95.9 Å². The molecular weight excluding hydrogens is 382 g/mol. The first kappa shape index (κ1) is 18.8. The molecule has 1 atom stereocenters. The Morgan fingerprint density at radius 1 is 0.967 bits per heavy atom. The van der Waals surface area contributed by atoms with Crippen LogP contribution in [0.1, 0.15) is 30.4 Å². The lowest BCUT2D eigenvalue weighted by molar-refractivity contribution is -0.0543. The Balaban J connectivity index is 1.47. The molecule has 4 aromatic rings. The fraction of sp³-hybridized carbons (Fsp3) is 0.240. The van der Waals surface area contributed by atoms with E-state index in [4.69, 9.17) is 4.42 Å². The molecule has 1 aliphatic rings. The zero-order chi connectivity index (χ0) is 20.8. The molecular formula is C25H22F2N2O. The van der Waals surface area contributed by atoms with Crippen LogP contribution in [-0.4, -0.2) is 11.5 Å². The highest BCUT2D eigenvalue weighted by molar-refractivity contribution is 5.72.